The third-order valence-corrected chi connectivity index (χ3v) is 5.53. The lowest BCUT2D eigenvalue weighted by Gasteiger charge is -2.09. The molecule has 2 heterocycles. The summed E-state index contributed by atoms with van der Waals surface area (Å²) in [5.74, 6) is -0.0420. The molecule has 0 unspecified atom stereocenters. The Morgan fingerprint density at radius 2 is 2.07 bits per heavy atom. The fourth-order valence-corrected chi connectivity index (χ4v) is 4.12. The molecule has 2 aromatic carbocycles. The van der Waals surface area contributed by atoms with Gasteiger partial charge in [-0.1, -0.05) is 41.4 Å². The van der Waals surface area contributed by atoms with Crippen LogP contribution in [0.1, 0.15) is 16.8 Å². The number of aromatic nitrogens is 2. The molecule has 0 aliphatic heterocycles. The first-order chi connectivity index (χ1) is 13.0. The summed E-state index contributed by atoms with van der Waals surface area (Å²) in [5, 5.41) is 5.66. The zero-order valence-corrected chi connectivity index (χ0v) is 16.6. The SMILES string of the molecule is Cc1ccc(NC(=O)Cc2csc3nc(-c4cccc(Cl)c4)cn23)c(C)c1. The predicted molar refractivity (Wildman–Crippen MR) is 112 cm³/mol. The van der Waals surface area contributed by atoms with E-state index in [1.54, 1.807) is 0 Å². The first kappa shape index (κ1) is 17.8. The van der Waals surface area contributed by atoms with Crippen LogP contribution in [0.25, 0.3) is 16.2 Å². The van der Waals surface area contributed by atoms with Crippen LogP contribution in [-0.2, 0) is 11.2 Å². The Morgan fingerprint density at radius 3 is 2.85 bits per heavy atom. The number of nitrogens with one attached hydrogen (secondary N) is 1. The lowest BCUT2D eigenvalue weighted by molar-refractivity contribution is -0.115. The van der Waals surface area contributed by atoms with Crippen molar-refractivity contribution in [1.29, 1.82) is 0 Å². The van der Waals surface area contributed by atoms with Gasteiger partial charge in [-0.05, 0) is 37.6 Å². The monoisotopic (exact) mass is 395 g/mol. The van der Waals surface area contributed by atoms with E-state index < -0.39 is 0 Å². The van der Waals surface area contributed by atoms with E-state index in [-0.39, 0.29) is 5.91 Å². The van der Waals surface area contributed by atoms with Crippen LogP contribution >= 0.6 is 22.9 Å². The van der Waals surface area contributed by atoms with Crippen molar-refractivity contribution in [2.45, 2.75) is 20.3 Å². The smallest absolute Gasteiger partial charge is 0.230 e. The maximum absolute atomic E-state index is 12.5. The van der Waals surface area contributed by atoms with Gasteiger partial charge in [-0.15, -0.1) is 11.3 Å². The third-order valence-electron chi connectivity index (χ3n) is 4.40. The molecule has 4 rings (SSSR count). The first-order valence-corrected chi connectivity index (χ1v) is 9.84. The Morgan fingerprint density at radius 1 is 1.22 bits per heavy atom. The highest BCUT2D eigenvalue weighted by molar-refractivity contribution is 7.15. The summed E-state index contributed by atoms with van der Waals surface area (Å²) >= 11 is 7.61. The Kier molecular flexibility index (Phi) is 4.72. The molecule has 0 atom stereocenters. The van der Waals surface area contributed by atoms with Gasteiger partial charge in [-0.25, -0.2) is 4.98 Å². The Labute approximate surface area is 166 Å². The number of benzene rings is 2. The second kappa shape index (κ2) is 7.18. The largest absolute Gasteiger partial charge is 0.326 e. The summed E-state index contributed by atoms with van der Waals surface area (Å²) in [7, 11) is 0. The molecule has 0 saturated heterocycles. The molecule has 0 fully saturated rings. The number of anilines is 1. The van der Waals surface area contributed by atoms with Gasteiger partial charge in [0.05, 0.1) is 12.1 Å². The van der Waals surface area contributed by atoms with Gasteiger partial charge in [0.15, 0.2) is 4.96 Å². The average Bonchev–Trinajstić information content (AvgIpc) is 3.20. The van der Waals surface area contributed by atoms with E-state index in [4.69, 9.17) is 11.6 Å². The zero-order chi connectivity index (χ0) is 19.0. The van der Waals surface area contributed by atoms with Gasteiger partial charge < -0.3 is 5.32 Å². The van der Waals surface area contributed by atoms with E-state index in [0.29, 0.717) is 11.4 Å². The highest BCUT2D eigenvalue weighted by Crippen LogP contribution is 2.26. The van der Waals surface area contributed by atoms with Gasteiger partial charge >= 0.3 is 0 Å². The average molecular weight is 396 g/mol. The van der Waals surface area contributed by atoms with Crippen LogP contribution in [0.15, 0.2) is 54.0 Å². The minimum absolute atomic E-state index is 0.0420. The van der Waals surface area contributed by atoms with Gasteiger partial charge in [-0.3, -0.25) is 9.20 Å². The molecule has 0 aliphatic carbocycles. The van der Waals surface area contributed by atoms with Crippen LogP contribution < -0.4 is 5.32 Å². The minimum Gasteiger partial charge on any atom is -0.326 e. The van der Waals surface area contributed by atoms with Crippen molar-refractivity contribution >= 4 is 39.5 Å². The molecule has 0 aliphatic rings. The van der Waals surface area contributed by atoms with Crippen LogP contribution in [0.3, 0.4) is 0 Å². The van der Waals surface area contributed by atoms with Crippen LogP contribution in [-0.4, -0.2) is 15.3 Å². The third kappa shape index (κ3) is 3.75. The Balaban J connectivity index is 1.56. The van der Waals surface area contributed by atoms with Crippen molar-refractivity contribution in [3.8, 4) is 11.3 Å². The summed E-state index contributed by atoms with van der Waals surface area (Å²) in [6.45, 7) is 4.04. The van der Waals surface area contributed by atoms with Gasteiger partial charge in [0.1, 0.15) is 0 Å². The first-order valence-electron chi connectivity index (χ1n) is 8.58. The van der Waals surface area contributed by atoms with E-state index >= 15 is 0 Å². The number of aryl methyl sites for hydroxylation is 2. The van der Waals surface area contributed by atoms with Crippen molar-refractivity contribution in [2.24, 2.45) is 0 Å². The number of thiazole rings is 1. The van der Waals surface area contributed by atoms with Crippen LogP contribution in [0, 0.1) is 13.8 Å². The fourth-order valence-electron chi connectivity index (χ4n) is 3.06. The molecular formula is C21H18ClN3OS. The standard InChI is InChI=1S/C21H18ClN3OS/c1-13-6-7-18(14(2)8-13)23-20(26)10-17-12-27-21-24-19(11-25(17)21)15-4-3-5-16(22)9-15/h3-9,11-12H,10H2,1-2H3,(H,23,26). The summed E-state index contributed by atoms with van der Waals surface area (Å²) in [6, 6.07) is 13.6. The topological polar surface area (TPSA) is 46.4 Å². The number of rotatable bonds is 4. The van der Waals surface area contributed by atoms with E-state index in [1.807, 2.05) is 66.2 Å². The van der Waals surface area contributed by atoms with Crippen molar-refractivity contribution in [3.63, 3.8) is 0 Å². The highest BCUT2D eigenvalue weighted by Gasteiger charge is 2.13. The molecule has 0 radical (unpaired) electrons. The molecule has 136 valence electrons. The highest BCUT2D eigenvalue weighted by atomic mass is 35.5. The van der Waals surface area contributed by atoms with Gasteiger partial charge in [0.25, 0.3) is 0 Å². The lowest BCUT2D eigenvalue weighted by atomic mass is 10.1. The number of carbonyl (C=O) groups is 1. The number of halogens is 1. The number of carbonyl (C=O) groups excluding carboxylic acids is 1. The number of amides is 1. The fraction of sp³-hybridized carbons (Fsp3) is 0.143. The van der Waals surface area contributed by atoms with E-state index in [0.717, 1.165) is 33.2 Å². The normalized spacial score (nSPS) is 11.1. The number of fused-ring (bicyclic) bond motifs is 1. The van der Waals surface area contributed by atoms with Gasteiger partial charge in [-0.2, -0.15) is 0 Å². The van der Waals surface area contributed by atoms with Gasteiger partial charge in [0.2, 0.25) is 5.91 Å². The maximum atomic E-state index is 12.5. The van der Waals surface area contributed by atoms with Crippen molar-refractivity contribution in [2.75, 3.05) is 5.32 Å². The molecular weight excluding hydrogens is 378 g/mol. The quantitative estimate of drug-likeness (QED) is 0.495. The second-order valence-electron chi connectivity index (χ2n) is 6.56. The number of hydrogen-bond donors (Lipinski definition) is 1. The van der Waals surface area contributed by atoms with Crippen molar-refractivity contribution in [3.05, 3.63) is 75.9 Å². The minimum atomic E-state index is -0.0420. The Bertz CT molecular complexity index is 1150. The van der Waals surface area contributed by atoms with Crippen molar-refractivity contribution < 1.29 is 4.79 Å². The molecule has 1 N–H and O–H groups in total. The molecule has 1 amide bonds. The Hall–Kier alpha value is -2.63. The predicted octanol–water partition coefficient (Wildman–Crippen LogP) is 5.51. The summed E-state index contributed by atoms with van der Waals surface area (Å²) in [4.78, 5) is 18.0. The molecule has 4 nitrogen and oxygen atoms in total. The van der Waals surface area contributed by atoms with E-state index in [9.17, 15) is 4.79 Å². The zero-order valence-electron chi connectivity index (χ0n) is 15.0. The molecule has 27 heavy (non-hydrogen) atoms. The lowest BCUT2D eigenvalue weighted by Crippen LogP contribution is -2.16. The number of nitrogens with zero attached hydrogens (tertiary/aromatic N) is 2. The maximum Gasteiger partial charge on any atom is 0.230 e. The molecule has 0 spiro atoms. The summed E-state index contributed by atoms with van der Waals surface area (Å²) in [5.41, 5.74) is 5.81. The molecule has 0 bridgehead atoms. The van der Waals surface area contributed by atoms with Gasteiger partial charge in [0, 0.05) is 33.5 Å². The summed E-state index contributed by atoms with van der Waals surface area (Å²) < 4.78 is 1.97. The number of hydrogen-bond acceptors (Lipinski definition) is 3. The van der Waals surface area contributed by atoms with E-state index in [1.165, 1.54) is 16.9 Å². The van der Waals surface area contributed by atoms with Crippen LogP contribution in [0.2, 0.25) is 5.02 Å². The number of imidazole rings is 1. The second-order valence-corrected chi connectivity index (χ2v) is 7.83. The van der Waals surface area contributed by atoms with E-state index in [2.05, 4.69) is 16.4 Å². The van der Waals surface area contributed by atoms with Crippen LogP contribution in [0.4, 0.5) is 5.69 Å². The van der Waals surface area contributed by atoms with Crippen molar-refractivity contribution in [1.82, 2.24) is 9.38 Å². The molecule has 0 saturated carbocycles. The molecule has 2 aromatic heterocycles. The van der Waals surface area contributed by atoms with Crippen LogP contribution in [0.5, 0.6) is 0 Å². The molecule has 6 heteroatoms. The molecule has 4 aromatic rings. The summed E-state index contributed by atoms with van der Waals surface area (Å²) in [6.07, 6.45) is 2.25.